The molecule has 25 heavy (non-hydrogen) atoms. The molecule has 0 radical (unpaired) electrons. The van der Waals surface area contributed by atoms with Crippen molar-refractivity contribution in [3.63, 3.8) is 0 Å². The standard InChI is InChI=1S/C16H19N5O3.ClH/c17-8-13-9-19(10-14(13)12-4-2-1-3-5-12)16(22)11-20-7-6-15(18-20)21(23)24;/h1-7,13-14H,8-11,17H2;1H/t13-,14+;/m1./s1. The van der Waals surface area contributed by atoms with E-state index in [2.05, 4.69) is 17.2 Å². The third-order valence-electron chi connectivity index (χ3n) is 4.44. The second-order valence-electron chi connectivity index (χ2n) is 5.94. The number of carbonyl (C=O) groups excluding carboxylic acids is 1. The van der Waals surface area contributed by atoms with E-state index in [1.165, 1.54) is 22.5 Å². The van der Waals surface area contributed by atoms with Crippen molar-refractivity contribution in [2.24, 2.45) is 11.7 Å². The third-order valence-corrected chi connectivity index (χ3v) is 4.44. The largest absolute Gasteiger partial charge is 0.389 e. The molecule has 1 aromatic heterocycles. The Balaban J connectivity index is 0.00000225. The fraction of sp³-hybridized carbons (Fsp3) is 0.375. The molecule has 0 bridgehead atoms. The summed E-state index contributed by atoms with van der Waals surface area (Å²) in [7, 11) is 0. The molecule has 8 nitrogen and oxygen atoms in total. The van der Waals surface area contributed by atoms with Crippen LogP contribution in [0.2, 0.25) is 0 Å². The lowest BCUT2D eigenvalue weighted by Gasteiger charge is -2.16. The van der Waals surface area contributed by atoms with Crippen molar-refractivity contribution < 1.29 is 9.72 Å². The van der Waals surface area contributed by atoms with Crippen molar-refractivity contribution in [1.29, 1.82) is 0 Å². The minimum atomic E-state index is -0.577. The van der Waals surface area contributed by atoms with E-state index in [0.29, 0.717) is 19.6 Å². The number of halogens is 1. The average molecular weight is 366 g/mol. The summed E-state index contributed by atoms with van der Waals surface area (Å²) in [6.45, 7) is 1.70. The molecule has 0 unspecified atom stereocenters. The Hall–Kier alpha value is -2.45. The van der Waals surface area contributed by atoms with Gasteiger partial charge in [-0.1, -0.05) is 30.3 Å². The van der Waals surface area contributed by atoms with Gasteiger partial charge in [0.05, 0.1) is 17.4 Å². The fourth-order valence-corrected chi connectivity index (χ4v) is 3.17. The van der Waals surface area contributed by atoms with Crippen LogP contribution in [-0.2, 0) is 11.3 Å². The van der Waals surface area contributed by atoms with E-state index >= 15 is 0 Å². The Morgan fingerprint density at radius 2 is 2.00 bits per heavy atom. The molecule has 2 aromatic rings. The Bertz CT molecular complexity index is 736. The number of nitrogens with zero attached hydrogens (tertiary/aromatic N) is 4. The molecule has 1 saturated heterocycles. The molecule has 2 atom stereocenters. The molecule has 2 N–H and O–H groups in total. The lowest BCUT2D eigenvalue weighted by molar-refractivity contribution is -0.389. The van der Waals surface area contributed by atoms with E-state index in [0.717, 1.165) is 0 Å². The summed E-state index contributed by atoms with van der Waals surface area (Å²) in [5.74, 6) is 0.0616. The van der Waals surface area contributed by atoms with Crippen LogP contribution in [0.1, 0.15) is 11.5 Å². The van der Waals surface area contributed by atoms with Crippen LogP contribution in [0.5, 0.6) is 0 Å². The molecule has 1 aliphatic heterocycles. The third kappa shape index (κ3) is 4.15. The van der Waals surface area contributed by atoms with Crippen LogP contribution in [0.4, 0.5) is 5.82 Å². The average Bonchev–Trinajstić information content (AvgIpc) is 3.22. The van der Waals surface area contributed by atoms with E-state index in [1.807, 2.05) is 18.2 Å². The van der Waals surface area contributed by atoms with Crippen molar-refractivity contribution in [1.82, 2.24) is 14.7 Å². The van der Waals surface area contributed by atoms with Gasteiger partial charge in [-0.3, -0.25) is 4.79 Å². The van der Waals surface area contributed by atoms with Crippen LogP contribution in [0.15, 0.2) is 42.6 Å². The molecular weight excluding hydrogens is 346 g/mol. The maximum Gasteiger partial charge on any atom is 0.389 e. The van der Waals surface area contributed by atoms with Crippen molar-refractivity contribution in [2.45, 2.75) is 12.5 Å². The number of hydrogen-bond acceptors (Lipinski definition) is 5. The summed E-state index contributed by atoms with van der Waals surface area (Å²) < 4.78 is 1.30. The number of amides is 1. The number of carbonyl (C=O) groups is 1. The first kappa shape index (κ1) is 18.9. The summed E-state index contributed by atoms with van der Waals surface area (Å²) in [5.41, 5.74) is 7.06. The first-order valence-electron chi connectivity index (χ1n) is 7.79. The summed E-state index contributed by atoms with van der Waals surface area (Å²) in [4.78, 5) is 24.3. The zero-order valence-electron chi connectivity index (χ0n) is 13.5. The second kappa shape index (κ2) is 8.09. The van der Waals surface area contributed by atoms with Gasteiger partial charge in [-0.15, -0.1) is 12.4 Å². The number of rotatable bonds is 5. The Labute approximate surface area is 151 Å². The van der Waals surface area contributed by atoms with Crippen molar-refractivity contribution >= 4 is 24.1 Å². The lowest BCUT2D eigenvalue weighted by atomic mass is 9.89. The normalized spacial score (nSPS) is 19.5. The lowest BCUT2D eigenvalue weighted by Crippen LogP contribution is -2.32. The molecule has 1 amide bonds. The molecule has 134 valence electrons. The summed E-state index contributed by atoms with van der Waals surface area (Å²) in [5, 5.41) is 14.4. The van der Waals surface area contributed by atoms with Gasteiger partial charge in [-0.2, -0.15) is 4.68 Å². The van der Waals surface area contributed by atoms with E-state index in [-0.39, 0.29) is 42.5 Å². The smallest absolute Gasteiger partial charge is 0.358 e. The highest BCUT2D eigenvalue weighted by Crippen LogP contribution is 2.32. The SMILES string of the molecule is Cl.NC[C@@H]1CN(C(=O)Cn2ccc([N+](=O)[O-])n2)C[C@H]1c1ccccc1. The molecule has 1 aromatic carbocycles. The van der Waals surface area contributed by atoms with Gasteiger partial charge in [0.25, 0.3) is 0 Å². The first-order valence-corrected chi connectivity index (χ1v) is 7.79. The van der Waals surface area contributed by atoms with E-state index in [1.54, 1.807) is 4.90 Å². The highest BCUT2D eigenvalue weighted by molar-refractivity contribution is 5.85. The van der Waals surface area contributed by atoms with Gasteiger partial charge in [0.1, 0.15) is 6.54 Å². The minimum absolute atomic E-state index is 0. The molecule has 2 heterocycles. The summed E-state index contributed by atoms with van der Waals surface area (Å²) in [6, 6.07) is 11.3. The molecule has 9 heteroatoms. The number of nitro groups is 1. The highest BCUT2D eigenvalue weighted by atomic mass is 35.5. The molecular formula is C16H20ClN5O3. The van der Waals surface area contributed by atoms with Gasteiger partial charge >= 0.3 is 5.82 Å². The predicted octanol–water partition coefficient (Wildman–Crippen LogP) is 1.41. The number of likely N-dealkylation sites (tertiary alicyclic amines) is 1. The molecule has 0 saturated carbocycles. The van der Waals surface area contributed by atoms with Crippen molar-refractivity contribution in [3.05, 3.63) is 58.3 Å². The van der Waals surface area contributed by atoms with Crippen molar-refractivity contribution in [3.8, 4) is 0 Å². The number of nitrogens with two attached hydrogens (primary N) is 1. The molecule has 0 spiro atoms. The maximum absolute atomic E-state index is 12.5. The Morgan fingerprint density at radius 1 is 1.28 bits per heavy atom. The zero-order chi connectivity index (χ0) is 17.1. The van der Waals surface area contributed by atoms with Crippen LogP contribution in [-0.4, -0.2) is 45.1 Å². The Morgan fingerprint density at radius 3 is 2.60 bits per heavy atom. The quantitative estimate of drug-likeness (QED) is 0.636. The number of aromatic nitrogens is 2. The van der Waals surface area contributed by atoms with Gasteiger partial charge in [0.2, 0.25) is 5.91 Å². The molecule has 0 aliphatic carbocycles. The van der Waals surface area contributed by atoms with Gasteiger partial charge in [0, 0.05) is 19.0 Å². The molecule has 1 fully saturated rings. The second-order valence-corrected chi connectivity index (χ2v) is 5.94. The maximum atomic E-state index is 12.5. The zero-order valence-corrected chi connectivity index (χ0v) is 14.3. The number of benzene rings is 1. The Kier molecular flexibility index (Phi) is 6.11. The summed E-state index contributed by atoms with van der Waals surface area (Å²) >= 11 is 0. The van der Waals surface area contributed by atoms with Gasteiger partial charge in [-0.05, 0) is 22.9 Å². The van der Waals surface area contributed by atoms with Crippen LogP contribution in [0, 0.1) is 16.0 Å². The fourth-order valence-electron chi connectivity index (χ4n) is 3.17. The van der Waals surface area contributed by atoms with E-state index in [4.69, 9.17) is 5.73 Å². The highest BCUT2D eigenvalue weighted by Gasteiger charge is 2.35. The monoisotopic (exact) mass is 365 g/mol. The van der Waals surface area contributed by atoms with Crippen molar-refractivity contribution in [2.75, 3.05) is 19.6 Å². The first-order chi connectivity index (χ1) is 11.6. The molecule has 1 aliphatic rings. The van der Waals surface area contributed by atoms with Gasteiger partial charge in [0.15, 0.2) is 0 Å². The predicted molar refractivity (Wildman–Crippen MR) is 94.4 cm³/mol. The van der Waals surface area contributed by atoms with Gasteiger partial charge < -0.3 is 20.7 Å². The van der Waals surface area contributed by atoms with Crippen LogP contribution in [0.25, 0.3) is 0 Å². The number of hydrogen-bond donors (Lipinski definition) is 1. The van der Waals surface area contributed by atoms with Crippen LogP contribution >= 0.6 is 12.4 Å². The van der Waals surface area contributed by atoms with E-state index in [9.17, 15) is 14.9 Å². The van der Waals surface area contributed by atoms with E-state index < -0.39 is 4.92 Å². The van der Waals surface area contributed by atoms with Gasteiger partial charge in [-0.25, -0.2) is 0 Å². The van der Waals surface area contributed by atoms with Crippen LogP contribution < -0.4 is 5.73 Å². The minimum Gasteiger partial charge on any atom is -0.358 e. The molecule has 3 rings (SSSR count). The topological polar surface area (TPSA) is 107 Å². The summed E-state index contributed by atoms with van der Waals surface area (Å²) in [6.07, 6.45) is 1.45. The van der Waals surface area contributed by atoms with Crippen LogP contribution in [0.3, 0.4) is 0 Å².